The first-order valence-corrected chi connectivity index (χ1v) is 5.58. The van der Waals surface area contributed by atoms with Crippen LogP contribution in [-0.2, 0) is 11.3 Å². The molecule has 3 nitrogen and oxygen atoms in total. The van der Waals surface area contributed by atoms with Crippen molar-refractivity contribution < 1.29 is 4.79 Å². The number of Topliss-reactive ketones (excluding diaryl/α,β-unsaturated/α-hetero) is 1. The number of carbonyl (C=O) groups is 1. The molecule has 0 spiro atoms. The van der Waals surface area contributed by atoms with E-state index in [1.165, 1.54) is 0 Å². The van der Waals surface area contributed by atoms with E-state index in [0.29, 0.717) is 6.54 Å². The van der Waals surface area contributed by atoms with Gasteiger partial charge in [-0.3, -0.25) is 9.48 Å². The molecule has 0 aliphatic rings. The maximum absolute atomic E-state index is 11.8. The average Bonchev–Trinajstić information content (AvgIpc) is 2.46. The molecule has 1 atom stereocenters. The van der Waals surface area contributed by atoms with E-state index in [9.17, 15) is 4.79 Å². The number of carbonyl (C=O) groups excluding carboxylic acids is 1. The normalized spacial score (nSPS) is 12.8. The maximum atomic E-state index is 11.8. The van der Waals surface area contributed by atoms with Crippen molar-refractivity contribution in [3.05, 3.63) is 17.5 Å². The van der Waals surface area contributed by atoms with Crippen LogP contribution in [0, 0.1) is 19.8 Å². The Balaban J connectivity index is 2.58. The van der Waals surface area contributed by atoms with Gasteiger partial charge in [0.15, 0.2) is 5.78 Å². The molecule has 0 radical (unpaired) electrons. The fraction of sp³-hybridized carbons (Fsp3) is 0.667. The summed E-state index contributed by atoms with van der Waals surface area (Å²) in [6.45, 7) is 8.49. The Morgan fingerprint density at radius 2 is 2.20 bits per heavy atom. The molecule has 1 rings (SSSR count). The average molecular weight is 208 g/mol. The monoisotopic (exact) mass is 208 g/mol. The Hall–Kier alpha value is -1.12. The molecular formula is C12H20N2O. The molecule has 0 bridgehead atoms. The van der Waals surface area contributed by atoms with E-state index in [4.69, 9.17) is 0 Å². The molecule has 0 amide bonds. The molecule has 0 N–H and O–H groups in total. The van der Waals surface area contributed by atoms with Gasteiger partial charge in [-0.2, -0.15) is 5.10 Å². The van der Waals surface area contributed by atoms with Crippen LogP contribution in [0.4, 0.5) is 0 Å². The molecule has 1 aromatic heterocycles. The third-order valence-electron chi connectivity index (χ3n) is 2.78. The summed E-state index contributed by atoms with van der Waals surface area (Å²) in [5.41, 5.74) is 2.15. The molecule has 0 saturated carbocycles. The van der Waals surface area contributed by atoms with Crippen molar-refractivity contribution in [1.29, 1.82) is 0 Å². The van der Waals surface area contributed by atoms with Crippen molar-refractivity contribution in [2.75, 3.05) is 0 Å². The lowest BCUT2D eigenvalue weighted by atomic mass is 10.0. The van der Waals surface area contributed by atoms with E-state index in [1.54, 1.807) is 4.68 Å². The molecule has 84 valence electrons. The SMILES string of the molecule is CCCC(C)C(=O)Cn1cc(C)c(C)n1. The summed E-state index contributed by atoms with van der Waals surface area (Å²) in [6, 6.07) is 0. The highest BCUT2D eigenvalue weighted by atomic mass is 16.1. The Morgan fingerprint density at radius 1 is 1.53 bits per heavy atom. The first-order chi connectivity index (χ1) is 7.04. The van der Waals surface area contributed by atoms with Gasteiger partial charge in [-0.1, -0.05) is 20.3 Å². The van der Waals surface area contributed by atoms with Gasteiger partial charge < -0.3 is 0 Å². The molecule has 0 aliphatic heterocycles. The van der Waals surface area contributed by atoms with Crippen LogP contribution in [0.25, 0.3) is 0 Å². The lowest BCUT2D eigenvalue weighted by Gasteiger charge is -2.08. The Morgan fingerprint density at radius 3 is 2.67 bits per heavy atom. The number of rotatable bonds is 5. The summed E-state index contributed by atoms with van der Waals surface area (Å²) < 4.78 is 1.75. The lowest BCUT2D eigenvalue weighted by molar-refractivity contribution is -0.123. The second-order valence-corrected chi connectivity index (χ2v) is 4.25. The second-order valence-electron chi connectivity index (χ2n) is 4.25. The van der Waals surface area contributed by atoms with Crippen LogP contribution in [0.2, 0.25) is 0 Å². The van der Waals surface area contributed by atoms with Crippen LogP contribution in [-0.4, -0.2) is 15.6 Å². The highest BCUT2D eigenvalue weighted by Crippen LogP contribution is 2.09. The molecule has 0 saturated heterocycles. The van der Waals surface area contributed by atoms with Gasteiger partial charge in [0.05, 0.1) is 12.2 Å². The first-order valence-electron chi connectivity index (χ1n) is 5.58. The minimum atomic E-state index is 0.153. The van der Waals surface area contributed by atoms with Crippen LogP contribution in [0.5, 0.6) is 0 Å². The topological polar surface area (TPSA) is 34.9 Å². The zero-order valence-electron chi connectivity index (χ0n) is 10.1. The standard InChI is InChI=1S/C12H20N2O/c1-5-6-9(2)12(15)8-14-7-10(3)11(4)13-14/h7,9H,5-6,8H2,1-4H3. The maximum Gasteiger partial charge on any atom is 0.157 e. The largest absolute Gasteiger partial charge is 0.297 e. The number of nitrogens with zero attached hydrogens (tertiary/aromatic N) is 2. The van der Waals surface area contributed by atoms with Gasteiger partial charge in [0, 0.05) is 12.1 Å². The number of hydrogen-bond donors (Lipinski definition) is 0. The van der Waals surface area contributed by atoms with Gasteiger partial charge in [0.1, 0.15) is 0 Å². The van der Waals surface area contributed by atoms with E-state index in [-0.39, 0.29) is 11.7 Å². The minimum absolute atomic E-state index is 0.153. The molecule has 1 heterocycles. The second kappa shape index (κ2) is 5.10. The van der Waals surface area contributed by atoms with Crippen molar-refractivity contribution in [3.63, 3.8) is 0 Å². The summed E-state index contributed by atoms with van der Waals surface area (Å²) in [4.78, 5) is 11.8. The zero-order chi connectivity index (χ0) is 11.4. The van der Waals surface area contributed by atoms with Crippen LogP contribution >= 0.6 is 0 Å². The smallest absolute Gasteiger partial charge is 0.157 e. The van der Waals surface area contributed by atoms with Gasteiger partial charge in [-0.05, 0) is 25.8 Å². The van der Waals surface area contributed by atoms with Gasteiger partial charge in [0.25, 0.3) is 0 Å². The van der Waals surface area contributed by atoms with Crippen LogP contribution in [0.15, 0.2) is 6.20 Å². The van der Waals surface area contributed by atoms with Gasteiger partial charge in [-0.25, -0.2) is 0 Å². The fourth-order valence-corrected chi connectivity index (χ4v) is 1.61. The quantitative estimate of drug-likeness (QED) is 0.745. The van der Waals surface area contributed by atoms with Crippen LogP contribution in [0.3, 0.4) is 0 Å². The summed E-state index contributed by atoms with van der Waals surface area (Å²) in [7, 11) is 0. The first kappa shape index (κ1) is 12.0. The fourth-order valence-electron chi connectivity index (χ4n) is 1.61. The Kier molecular flexibility index (Phi) is 4.06. The molecule has 1 aromatic rings. The number of aromatic nitrogens is 2. The van der Waals surface area contributed by atoms with E-state index < -0.39 is 0 Å². The molecular weight excluding hydrogens is 188 g/mol. The van der Waals surface area contributed by atoms with Crippen LogP contribution in [0.1, 0.15) is 37.9 Å². The van der Waals surface area contributed by atoms with Crippen molar-refractivity contribution in [2.45, 2.75) is 47.1 Å². The number of ketones is 1. The Labute approximate surface area is 91.5 Å². The molecule has 0 fully saturated rings. The van der Waals surface area contributed by atoms with E-state index in [2.05, 4.69) is 12.0 Å². The summed E-state index contributed by atoms with van der Waals surface area (Å²) in [6.07, 6.45) is 3.97. The highest BCUT2D eigenvalue weighted by molar-refractivity contribution is 5.80. The molecule has 0 aromatic carbocycles. The van der Waals surface area contributed by atoms with Gasteiger partial charge in [0.2, 0.25) is 0 Å². The molecule has 0 aliphatic carbocycles. The summed E-state index contributed by atoms with van der Waals surface area (Å²) in [5.74, 6) is 0.430. The number of aryl methyl sites for hydroxylation is 2. The Bertz CT molecular complexity index is 322. The van der Waals surface area contributed by atoms with Crippen molar-refractivity contribution in [3.8, 4) is 0 Å². The summed E-state index contributed by atoms with van der Waals surface area (Å²) in [5, 5.41) is 4.29. The van der Waals surface area contributed by atoms with E-state index in [1.807, 2.05) is 27.0 Å². The zero-order valence-corrected chi connectivity index (χ0v) is 10.1. The minimum Gasteiger partial charge on any atom is -0.297 e. The van der Waals surface area contributed by atoms with Crippen molar-refractivity contribution in [1.82, 2.24) is 9.78 Å². The predicted octanol–water partition coefficient (Wildman–Crippen LogP) is 2.51. The third-order valence-corrected chi connectivity index (χ3v) is 2.78. The summed E-state index contributed by atoms with van der Waals surface area (Å²) >= 11 is 0. The van der Waals surface area contributed by atoms with Crippen molar-refractivity contribution >= 4 is 5.78 Å². The molecule has 15 heavy (non-hydrogen) atoms. The van der Waals surface area contributed by atoms with E-state index in [0.717, 1.165) is 24.1 Å². The van der Waals surface area contributed by atoms with E-state index >= 15 is 0 Å². The molecule has 1 unspecified atom stereocenters. The lowest BCUT2D eigenvalue weighted by Crippen LogP contribution is -2.18. The predicted molar refractivity (Wildman–Crippen MR) is 60.8 cm³/mol. The number of hydrogen-bond acceptors (Lipinski definition) is 2. The van der Waals surface area contributed by atoms with Gasteiger partial charge in [-0.15, -0.1) is 0 Å². The third kappa shape index (κ3) is 3.18. The van der Waals surface area contributed by atoms with Crippen molar-refractivity contribution in [2.24, 2.45) is 5.92 Å². The van der Waals surface area contributed by atoms with Gasteiger partial charge >= 0.3 is 0 Å². The van der Waals surface area contributed by atoms with Crippen LogP contribution < -0.4 is 0 Å². The molecule has 3 heteroatoms. The highest BCUT2D eigenvalue weighted by Gasteiger charge is 2.13.